The van der Waals surface area contributed by atoms with Crippen LogP contribution in [0.5, 0.6) is 0 Å². The lowest BCUT2D eigenvalue weighted by Gasteiger charge is -2.33. The van der Waals surface area contributed by atoms with Crippen molar-refractivity contribution in [1.29, 1.82) is 0 Å². The summed E-state index contributed by atoms with van der Waals surface area (Å²) in [5, 5.41) is 10.1. The normalized spacial score (nSPS) is 22.1. The second-order valence-electron chi connectivity index (χ2n) is 6.87. The fourth-order valence-corrected chi connectivity index (χ4v) is 3.82. The van der Waals surface area contributed by atoms with Crippen LogP contribution in [0, 0.1) is 5.92 Å². The predicted octanol–water partition coefficient (Wildman–Crippen LogP) is 3.69. The van der Waals surface area contributed by atoms with Gasteiger partial charge in [-0.25, -0.2) is 4.98 Å². The lowest BCUT2D eigenvalue weighted by Crippen LogP contribution is -2.35. The molecule has 1 aliphatic rings. The Morgan fingerprint density at radius 3 is 2.74 bits per heavy atom. The molecule has 1 aliphatic carbocycles. The van der Waals surface area contributed by atoms with Crippen molar-refractivity contribution in [2.45, 2.75) is 51.7 Å². The number of imidazole rings is 1. The third kappa shape index (κ3) is 3.70. The Bertz CT molecular complexity index is 662. The van der Waals surface area contributed by atoms with Gasteiger partial charge in [-0.05, 0) is 56.8 Å². The number of halogens is 1. The number of rotatable bonds is 5. The number of hydrogen-bond acceptors (Lipinski definition) is 3. The first-order chi connectivity index (χ1) is 11.1. The molecule has 0 aliphatic heterocycles. The molecule has 3 rings (SSSR count). The van der Waals surface area contributed by atoms with Gasteiger partial charge >= 0.3 is 0 Å². The van der Waals surface area contributed by atoms with Crippen LogP contribution in [0.3, 0.4) is 0 Å². The molecular formula is C18H26ClN3O. The molecule has 1 aromatic carbocycles. The number of nitrogens with zero attached hydrogens (tertiary/aromatic N) is 3. The fraction of sp³-hybridized carbons (Fsp3) is 0.611. The third-order valence-electron chi connectivity index (χ3n) is 5.11. The Balaban J connectivity index is 1.82. The minimum Gasteiger partial charge on any atom is -0.395 e. The molecule has 0 amide bonds. The van der Waals surface area contributed by atoms with Crippen LogP contribution in [0.25, 0.3) is 11.0 Å². The fourth-order valence-electron chi connectivity index (χ4n) is 3.65. The Morgan fingerprint density at radius 1 is 1.30 bits per heavy atom. The van der Waals surface area contributed by atoms with Gasteiger partial charge in [0.05, 0.1) is 24.2 Å². The van der Waals surface area contributed by atoms with Gasteiger partial charge in [-0.15, -0.1) is 0 Å². The number of aliphatic hydroxyl groups is 1. The minimum atomic E-state index is 0.107. The summed E-state index contributed by atoms with van der Waals surface area (Å²) < 4.78 is 2.10. The van der Waals surface area contributed by atoms with E-state index in [1.807, 2.05) is 18.2 Å². The summed E-state index contributed by atoms with van der Waals surface area (Å²) in [4.78, 5) is 7.19. The summed E-state index contributed by atoms with van der Waals surface area (Å²) in [6.07, 6.45) is 5.17. The molecule has 0 unspecified atom stereocenters. The summed E-state index contributed by atoms with van der Waals surface area (Å²) in [5.41, 5.74) is 1.95. The maximum atomic E-state index is 9.41. The van der Waals surface area contributed by atoms with Crippen molar-refractivity contribution < 1.29 is 5.11 Å². The molecule has 1 N–H and O–H groups in total. The van der Waals surface area contributed by atoms with Crippen LogP contribution in [0.2, 0.25) is 5.02 Å². The number of fused-ring (bicyclic) bond motifs is 1. The summed E-state index contributed by atoms with van der Waals surface area (Å²) in [6.45, 7) is 3.82. The lowest BCUT2D eigenvalue weighted by molar-refractivity contribution is 0.158. The summed E-state index contributed by atoms with van der Waals surface area (Å²) in [5.74, 6) is 1.87. The first-order valence-corrected chi connectivity index (χ1v) is 8.92. The van der Waals surface area contributed by atoms with Crippen molar-refractivity contribution >= 4 is 22.6 Å². The molecule has 4 nitrogen and oxygen atoms in total. The smallest absolute Gasteiger partial charge is 0.124 e. The van der Waals surface area contributed by atoms with Crippen molar-refractivity contribution in [2.24, 2.45) is 5.92 Å². The van der Waals surface area contributed by atoms with Crippen LogP contribution < -0.4 is 0 Å². The second-order valence-corrected chi connectivity index (χ2v) is 7.30. The van der Waals surface area contributed by atoms with Crippen LogP contribution in [-0.2, 0) is 13.1 Å². The van der Waals surface area contributed by atoms with Gasteiger partial charge < -0.3 is 9.67 Å². The average Bonchev–Trinajstić information content (AvgIpc) is 2.85. The van der Waals surface area contributed by atoms with E-state index in [1.54, 1.807) is 0 Å². The first kappa shape index (κ1) is 16.7. The van der Waals surface area contributed by atoms with E-state index < -0.39 is 0 Å². The van der Waals surface area contributed by atoms with E-state index in [9.17, 15) is 5.11 Å². The van der Waals surface area contributed by atoms with E-state index in [0.29, 0.717) is 17.6 Å². The van der Waals surface area contributed by atoms with Crippen LogP contribution in [0.15, 0.2) is 18.2 Å². The van der Waals surface area contributed by atoms with E-state index >= 15 is 0 Å². The molecule has 2 aromatic rings. The maximum absolute atomic E-state index is 9.41. The van der Waals surface area contributed by atoms with Gasteiger partial charge in [0.1, 0.15) is 5.82 Å². The highest BCUT2D eigenvalue weighted by Gasteiger charge is 2.23. The maximum Gasteiger partial charge on any atom is 0.124 e. The molecule has 0 atom stereocenters. The topological polar surface area (TPSA) is 41.3 Å². The molecule has 1 heterocycles. The SMILES string of the molecule is CC1CCC(N(C)Cc2nc3ccc(Cl)cc3n2CCO)CC1. The number of aromatic nitrogens is 2. The number of aliphatic hydroxyl groups excluding tert-OH is 1. The van der Waals surface area contributed by atoms with Crippen LogP contribution in [-0.4, -0.2) is 39.3 Å². The standard InChI is InChI=1S/C18H26ClN3O/c1-13-3-6-15(7-4-13)21(2)12-18-20-16-8-5-14(19)11-17(16)22(18)9-10-23/h5,8,11,13,15,23H,3-4,6-7,9-10,12H2,1-2H3. The molecule has 5 heteroatoms. The highest BCUT2D eigenvalue weighted by molar-refractivity contribution is 6.31. The van der Waals surface area contributed by atoms with E-state index in [-0.39, 0.29) is 6.61 Å². The Hall–Kier alpha value is -1.10. The van der Waals surface area contributed by atoms with E-state index in [2.05, 4.69) is 23.4 Å². The first-order valence-electron chi connectivity index (χ1n) is 8.54. The van der Waals surface area contributed by atoms with Gasteiger partial charge in [0.25, 0.3) is 0 Å². The van der Waals surface area contributed by atoms with E-state index in [4.69, 9.17) is 16.6 Å². The minimum absolute atomic E-state index is 0.107. The molecular weight excluding hydrogens is 310 g/mol. The highest BCUT2D eigenvalue weighted by Crippen LogP contribution is 2.28. The van der Waals surface area contributed by atoms with Gasteiger partial charge in [-0.1, -0.05) is 18.5 Å². The van der Waals surface area contributed by atoms with Gasteiger partial charge in [-0.2, -0.15) is 0 Å². The zero-order valence-electron chi connectivity index (χ0n) is 14.0. The summed E-state index contributed by atoms with van der Waals surface area (Å²) in [6, 6.07) is 6.40. The van der Waals surface area contributed by atoms with Crippen LogP contribution >= 0.6 is 11.6 Å². The van der Waals surface area contributed by atoms with Gasteiger partial charge in [-0.3, -0.25) is 4.90 Å². The average molecular weight is 336 g/mol. The van der Waals surface area contributed by atoms with Crippen LogP contribution in [0.1, 0.15) is 38.4 Å². The van der Waals surface area contributed by atoms with E-state index in [1.165, 1.54) is 25.7 Å². The number of hydrogen-bond donors (Lipinski definition) is 1. The highest BCUT2D eigenvalue weighted by atomic mass is 35.5. The van der Waals surface area contributed by atoms with Crippen molar-refractivity contribution in [3.63, 3.8) is 0 Å². The van der Waals surface area contributed by atoms with Crippen LogP contribution in [0.4, 0.5) is 0 Å². The van der Waals surface area contributed by atoms with Gasteiger partial charge in [0, 0.05) is 17.6 Å². The molecule has 0 bridgehead atoms. The third-order valence-corrected chi connectivity index (χ3v) is 5.35. The monoisotopic (exact) mass is 335 g/mol. The molecule has 0 radical (unpaired) electrons. The molecule has 1 fully saturated rings. The summed E-state index contributed by atoms with van der Waals surface area (Å²) >= 11 is 6.13. The van der Waals surface area contributed by atoms with Gasteiger partial charge in [0.15, 0.2) is 0 Å². The number of benzene rings is 1. The van der Waals surface area contributed by atoms with Crippen molar-refractivity contribution in [1.82, 2.24) is 14.5 Å². The summed E-state index contributed by atoms with van der Waals surface area (Å²) in [7, 11) is 2.19. The molecule has 23 heavy (non-hydrogen) atoms. The van der Waals surface area contributed by atoms with Gasteiger partial charge in [0.2, 0.25) is 0 Å². The Morgan fingerprint density at radius 2 is 2.04 bits per heavy atom. The zero-order valence-corrected chi connectivity index (χ0v) is 14.8. The van der Waals surface area contributed by atoms with Crippen molar-refractivity contribution in [3.05, 3.63) is 29.0 Å². The molecule has 1 aromatic heterocycles. The largest absolute Gasteiger partial charge is 0.395 e. The molecule has 0 saturated heterocycles. The Kier molecular flexibility index (Phi) is 5.24. The molecule has 0 spiro atoms. The predicted molar refractivity (Wildman–Crippen MR) is 94.7 cm³/mol. The van der Waals surface area contributed by atoms with Crippen molar-refractivity contribution in [2.75, 3.05) is 13.7 Å². The van der Waals surface area contributed by atoms with Crippen molar-refractivity contribution in [3.8, 4) is 0 Å². The zero-order chi connectivity index (χ0) is 16.4. The lowest BCUT2D eigenvalue weighted by atomic mass is 9.87. The Labute approximate surface area is 143 Å². The quantitative estimate of drug-likeness (QED) is 0.906. The molecule has 126 valence electrons. The second kappa shape index (κ2) is 7.20. The van der Waals surface area contributed by atoms with E-state index in [0.717, 1.165) is 29.3 Å². The molecule has 1 saturated carbocycles.